The van der Waals surface area contributed by atoms with Crippen LogP contribution in [0.1, 0.15) is 5.56 Å². The average molecular weight is 354 g/mol. The summed E-state index contributed by atoms with van der Waals surface area (Å²) >= 11 is 12.1. The predicted octanol–water partition coefficient (Wildman–Crippen LogP) is 3.41. The molecular weight excluding hydrogens is 333 g/mol. The zero-order chi connectivity index (χ0) is 16.7. The molecule has 0 amide bonds. The van der Waals surface area contributed by atoms with E-state index < -0.39 is 0 Å². The SMILES string of the molecule is CN(C)CCNc1cc(NCCc2ccc(Cl)cc2Cl)ncn1. The second kappa shape index (κ2) is 8.91. The Morgan fingerprint density at radius 2 is 1.70 bits per heavy atom. The Morgan fingerprint density at radius 1 is 1.00 bits per heavy atom. The number of rotatable bonds is 8. The Labute approximate surface area is 147 Å². The molecule has 23 heavy (non-hydrogen) atoms. The molecule has 5 nitrogen and oxygen atoms in total. The molecule has 0 aliphatic carbocycles. The lowest BCUT2D eigenvalue weighted by Crippen LogP contribution is -2.21. The first kappa shape index (κ1) is 17.8. The van der Waals surface area contributed by atoms with Crippen LogP contribution in [-0.2, 0) is 6.42 Å². The van der Waals surface area contributed by atoms with Gasteiger partial charge in [-0.15, -0.1) is 0 Å². The van der Waals surface area contributed by atoms with Gasteiger partial charge in [0, 0.05) is 35.7 Å². The summed E-state index contributed by atoms with van der Waals surface area (Å²) in [6, 6.07) is 7.45. The van der Waals surface area contributed by atoms with Crippen LogP contribution >= 0.6 is 23.2 Å². The minimum absolute atomic E-state index is 0.649. The molecule has 7 heteroatoms. The van der Waals surface area contributed by atoms with Crippen molar-refractivity contribution in [3.05, 3.63) is 46.2 Å². The van der Waals surface area contributed by atoms with Crippen molar-refractivity contribution >= 4 is 34.8 Å². The molecule has 0 atom stereocenters. The molecule has 0 aliphatic rings. The molecule has 1 aromatic carbocycles. The van der Waals surface area contributed by atoms with Crippen molar-refractivity contribution < 1.29 is 0 Å². The van der Waals surface area contributed by atoms with Gasteiger partial charge in [-0.3, -0.25) is 0 Å². The van der Waals surface area contributed by atoms with Gasteiger partial charge in [-0.25, -0.2) is 9.97 Å². The summed E-state index contributed by atoms with van der Waals surface area (Å²) < 4.78 is 0. The van der Waals surface area contributed by atoms with E-state index in [9.17, 15) is 0 Å². The highest BCUT2D eigenvalue weighted by molar-refractivity contribution is 6.35. The predicted molar refractivity (Wildman–Crippen MR) is 97.7 cm³/mol. The van der Waals surface area contributed by atoms with Crippen molar-refractivity contribution in [1.82, 2.24) is 14.9 Å². The minimum atomic E-state index is 0.649. The third-order valence-electron chi connectivity index (χ3n) is 3.25. The topological polar surface area (TPSA) is 53.1 Å². The summed E-state index contributed by atoms with van der Waals surface area (Å²) in [5.74, 6) is 1.60. The molecule has 0 radical (unpaired) electrons. The molecule has 2 N–H and O–H groups in total. The maximum Gasteiger partial charge on any atom is 0.131 e. The van der Waals surface area contributed by atoms with Crippen LogP contribution in [0.25, 0.3) is 0 Å². The maximum atomic E-state index is 6.17. The summed E-state index contributed by atoms with van der Waals surface area (Å²) in [4.78, 5) is 10.5. The van der Waals surface area contributed by atoms with Crippen molar-refractivity contribution in [2.45, 2.75) is 6.42 Å². The van der Waals surface area contributed by atoms with Gasteiger partial charge in [-0.1, -0.05) is 29.3 Å². The number of likely N-dealkylation sites (N-methyl/N-ethyl adjacent to an activating group) is 1. The maximum absolute atomic E-state index is 6.17. The summed E-state index contributed by atoms with van der Waals surface area (Å²) in [6.07, 6.45) is 2.35. The van der Waals surface area contributed by atoms with E-state index in [0.29, 0.717) is 10.0 Å². The van der Waals surface area contributed by atoms with Gasteiger partial charge >= 0.3 is 0 Å². The lowest BCUT2D eigenvalue weighted by atomic mass is 10.1. The normalized spacial score (nSPS) is 10.8. The smallest absolute Gasteiger partial charge is 0.131 e. The van der Waals surface area contributed by atoms with E-state index in [2.05, 4.69) is 25.5 Å². The van der Waals surface area contributed by atoms with E-state index in [1.165, 1.54) is 0 Å². The summed E-state index contributed by atoms with van der Waals surface area (Å²) in [5, 5.41) is 7.89. The average Bonchev–Trinajstić information content (AvgIpc) is 2.49. The number of nitrogens with zero attached hydrogens (tertiary/aromatic N) is 3. The molecule has 0 bridgehead atoms. The molecular formula is C16H21Cl2N5. The fourth-order valence-corrected chi connectivity index (χ4v) is 2.51. The van der Waals surface area contributed by atoms with Gasteiger partial charge < -0.3 is 15.5 Å². The molecule has 0 saturated heterocycles. The Morgan fingerprint density at radius 3 is 2.35 bits per heavy atom. The highest BCUT2D eigenvalue weighted by Crippen LogP contribution is 2.21. The van der Waals surface area contributed by atoms with Crippen LogP contribution in [0.5, 0.6) is 0 Å². The molecule has 1 heterocycles. The number of halogens is 2. The van der Waals surface area contributed by atoms with Gasteiger partial charge in [0.1, 0.15) is 18.0 Å². The van der Waals surface area contributed by atoms with Crippen molar-refractivity contribution in [2.75, 3.05) is 44.4 Å². The zero-order valence-corrected chi connectivity index (χ0v) is 14.8. The van der Waals surface area contributed by atoms with Gasteiger partial charge in [-0.2, -0.15) is 0 Å². The van der Waals surface area contributed by atoms with Crippen LogP contribution in [0.15, 0.2) is 30.6 Å². The van der Waals surface area contributed by atoms with Crippen LogP contribution in [0.4, 0.5) is 11.6 Å². The number of nitrogens with one attached hydrogen (secondary N) is 2. The van der Waals surface area contributed by atoms with Crippen molar-refractivity contribution in [1.29, 1.82) is 0 Å². The van der Waals surface area contributed by atoms with Crippen LogP contribution in [0, 0.1) is 0 Å². The molecule has 2 aromatic rings. The highest BCUT2D eigenvalue weighted by atomic mass is 35.5. The Hall–Kier alpha value is -1.56. The Balaban J connectivity index is 1.83. The fourth-order valence-electron chi connectivity index (χ4n) is 2.01. The number of aromatic nitrogens is 2. The molecule has 0 aliphatic heterocycles. The number of anilines is 2. The lowest BCUT2D eigenvalue weighted by molar-refractivity contribution is 0.425. The van der Waals surface area contributed by atoms with E-state index in [0.717, 1.165) is 43.3 Å². The quantitative estimate of drug-likeness (QED) is 0.761. The Kier molecular flexibility index (Phi) is 6.89. The summed E-state index contributed by atoms with van der Waals surface area (Å²) in [7, 11) is 4.08. The van der Waals surface area contributed by atoms with Gasteiger partial charge in [0.25, 0.3) is 0 Å². The lowest BCUT2D eigenvalue weighted by Gasteiger charge is -2.12. The molecule has 124 valence electrons. The number of hydrogen-bond acceptors (Lipinski definition) is 5. The number of benzene rings is 1. The second-order valence-electron chi connectivity index (χ2n) is 5.43. The van der Waals surface area contributed by atoms with E-state index in [1.807, 2.05) is 32.3 Å². The minimum Gasteiger partial charge on any atom is -0.370 e. The standard InChI is InChI=1S/C16H21Cl2N5/c1-23(2)8-7-20-16-10-15(21-11-22-16)19-6-5-12-3-4-13(17)9-14(12)18/h3-4,9-11H,5-8H2,1-2H3,(H2,19,20,21,22). The van der Waals surface area contributed by atoms with Gasteiger partial charge in [0.15, 0.2) is 0 Å². The highest BCUT2D eigenvalue weighted by Gasteiger charge is 2.02. The van der Waals surface area contributed by atoms with Crippen molar-refractivity contribution in [2.24, 2.45) is 0 Å². The largest absolute Gasteiger partial charge is 0.370 e. The van der Waals surface area contributed by atoms with E-state index in [1.54, 1.807) is 12.4 Å². The van der Waals surface area contributed by atoms with E-state index >= 15 is 0 Å². The molecule has 0 unspecified atom stereocenters. The van der Waals surface area contributed by atoms with Gasteiger partial charge in [0.05, 0.1) is 0 Å². The monoisotopic (exact) mass is 353 g/mol. The van der Waals surface area contributed by atoms with Crippen LogP contribution in [0.3, 0.4) is 0 Å². The zero-order valence-electron chi connectivity index (χ0n) is 13.3. The van der Waals surface area contributed by atoms with Crippen molar-refractivity contribution in [3.8, 4) is 0 Å². The van der Waals surface area contributed by atoms with Gasteiger partial charge in [0.2, 0.25) is 0 Å². The third-order valence-corrected chi connectivity index (χ3v) is 3.83. The molecule has 0 spiro atoms. The van der Waals surface area contributed by atoms with Crippen molar-refractivity contribution in [3.63, 3.8) is 0 Å². The molecule has 2 rings (SSSR count). The van der Waals surface area contributed by atoms with Crippen LogP contribution in [-0.4, -0.2) is 48.6 Å². The first-order valence-electron chi connectivity index (χ1n) is 7.43. The fraction of sp³-hybridized carbons (Fsp3) is 0.375. The van der Waals surface area contributed by atoms with E-state index in [4.69, 9.17) is 23.2 Å². The molecule has 0 saturated carbocycles. The summed E-state index contributed by atoms with van der Waals surface area (Å²) in [6.45, 7) is 2.52. The summed E-state index contributed by atoms with van der Waals surface area (Å²) in [5.41, 5.74) is 1.06. The first-order chi connectivity index (χ1) is 11.0. The van der Waals surface area contributed by atoms with E-state index in [-0.39, 0.29) is 0 Å². The first-order valence-corrected chi connectivity index (χ1v) is 8.18. The van der Waals surface area contributed by atoms with Crippen LogP contribution in [0.2, 0.25) is 10.0 Å². The number of hydrogen-bond donors (Lipinski definition) is 2. The third kappa shape index (κ3) is 6.22. The molecule has 1 aromatic heterocycles. The van der Waals surface area contributed by atoms with Crippen LogP contribution < -0.4 is 10.6 Å². The second-order valence-corrected chi connectivity index (χ2v) is 6.27. The Bertz CT molecular complexity index is 634. The molecule has 0 fully saturated rings. The van der Waals surface area contributed by atoms with Gasteiger partial charge in [-0.05, 0) is 38.2 Å².